The average Bonchev–Trinajstić information content (AvgIpc) is 2.77. The molecule has 0 radical (unpaired) electrons. The lowest BCUT2D eigenvalue weighted by Crippen LogP contribution is -2.34. The molecule has 3 rings (SSSR count). The van der Waals surface area contributed by atoms with Crippen LogP contribution in [0.5, 0.6) is 5.75 Å². The van der Waals surface area contributed by atoms with Crippen molar-refractivity contribution in [2.75, 3.05) is 44.7 Å². The summed E-state index contributed by atoms with van der Waals surface area (Å²) in [6, 6.07) is 4.05. The van der Waals surface area contributed by atoms with Gasteiger partial charge >= 0.3 is 0 Å². The van der Waals surface area contributed by atoms with Gasteiger partial charge in [0.15, 0.2) is 0 Å². The van der Waals surface area contributed by atoms with Crippen LogP contribution in [0.2, 0.25) is 5.02 Å². The Balaban J connectivity index is 1.40. The first-order valence-corrected chi connectivity index (χ1v) is 11.9. The van der Waals surface area contributed by atoms with Crippen molar-refractivity contribution in [3.63, 3.8) is 0 Å². The molecular weight excluding hydrogens is 426 g/mol. The molecule has 0 aliphatic carbocycles. The molecule has 1 fully saturated rings. The lowest BCUT2D eigenvalue weighted by molar-refractivity contribution is 0.138. The molecule has 2 heterocycles. The normalized spacial score (nSPS) is 15.7. The fourth-order valence-electron chi connectivity index (χ4n) is 4.34. The van der Waals surface area contributed by atoms with E-state index in [4.69, 9.17) is 16.3 Å². The second kappa shape index (κ2) is 12.3. The van der Waals surface area contributed by atoms with Crippen LogP contribution in [0.25, 0.3) is 0 Å². The number of aromatic nitrogens is 2. The van der Waals surface area contributed by atoms with Gasteiger partial charge in [0.25, 0.3) is 0 Å². The van der Waals surface area contributed by atoms with E-state index >= 15 is 0 Å². The van der Waals surface area contributed by atoms with Gasteiger partial charge in [-0.3, -0.25) is 5.32 Å². The Morgan fingerprint density at radius 3 is 2.44 bits per heavy atom. The first kappa shape index (κ1) is 24.7. The van der Waals surface area contributed by atoms with E-state index in [0.29, 0.717) is 24.1 Å². The van der Waals surface area contributed by atoms with Crippen LogP contribution in [0.1, 0.15) is 48.6 Å². The Morgan fingerprint density at radius 2 is 1.81 bits per heavy atom. The van der Waals surface area contributed by atoms with Crippen molar-refractivity contribution < 1.29 is 9.84 Å². The molecule has 176 valence electrons. The minimum Gasteiger partial charge on any atom is -0.494 e. The molecule has 1 aliphatic rings. The lowest BCUT2D eigenvalue weighted by atomic mass is 9.92. The maximum atomic E-state index is 10.5. The Kier molecular flexibility index (Phi) is 9.53. The van der Waals surface area contributed by atoms with Crippen LogP contribution in [-0.4, -0.2) is 54.9 Å². The Bertz CT molecular complexity index is 818. The van der Waals surface area contributed by atoms with Crippen LogP contribution < -0.4 is 20.3 Å². The molecule has 8 heteroatoms. The molecule has 1 aromatic heterocycles. The number of aliphatic hydroxyl groups excluding tert-OH is 1. The van der Waals surface area contributed by atoms with Crippen molar-refractivity contribution in [3.05, 3.63) is 46.2 Å². The molecule has 2 aromatic rings. The number of ether oxygens (including phenoxy) is 1. The first-order chi connectivity index (χ1) is 15.5. The summed E-state index contributed by atoms with van der Waals surface area (Å²) in [6.45, 7) is 8.24. The summed E-state index contributed by atoms with van der Waals surface area (Å²) in [5.74, 6) is 2.36. The maximum Gasteiger partial charge on any atom is 0.225 e. The Hall–Kier alpha value is -1.93. The molecule has 3 N–H and O–H groups in total. The van der Waals surface area contributed by atoms with Gasteiger partial charge in [-0.25, -0.2) is 9.97 Å². The fourth-order valence-corrected chi connectivity index (χ4v) is 4.44. The monoisotopic (exact) mass is 461 g/mol. The van der Waals surface area contributed by atoms with Gasteiger partial charge in [-0.05, 0) is 75.8 Å². The molecule has 1 saturated heterocycles. The van der Waals surface area contributed by atoms with Gasteiger partial charge in [0.05, 0.1) is 24.0 Å². The summed E-state index contributed by atoms with van der Waals surface area (Å²) in [7, 11) is 1.90. The minimum absolute atomic E-state index is 0.570. The minimum atomic E-state index is -0.665. The highest BCUT2D eigenvalue weighted by Crippen LogP contribution is 2.27. The summed E-state index contributed by atoms with van der Waals surface area (Å²) in [4.78, 5) is 10.9. The third-order valence-electron chi connectivity index (χ3n) is 6.08. The van der Waals surface area contributed by atoms with Gasteiger partial charge in [0, 0.05) is 31.7 Å². The molecule has 1 unspecified atom stereocenters. The third-order valence-corrected chi connectivity index (χ3v) is 6.28. The number of aliphatic hydroxyl groups is 1. The van der Waals surface area contributed by atoms with Crippen LogP contribution in [-0.2, 0) is 0 Å². The second-order valence-corrected chi connectivity index (χ2v) is 8.99. The van der Waals surface area contributed by atoms with Crippen LogP contribution >= 0.6 is 11.6 Å². The molecule has 0 bridgehead atoms. The summed E-state index contributed by atoms with van der Waals surface area (Å²) >= 11 is 5.88. The van der Waals surface area contributed by atoms with E-state index < -0.39 is 6.23 Å². The van der Waals surface area contributed by atoms with E-state index in [1.807, 2.05) is 33.0 Å². The number of rotatable bonds is 11. The van der Waals surface area contributed by atoms with Crippen molar-refractivity contribution >= 4 is 17.5 Å². The number of piperidine rings is 1. The van der Waals surface area contributed by atoms with Gasteiger partial charge in [-0.1, -0.05) is 11.6 Å². The highest BCUT2D eigenvalue weighted by Gasteiger charge is 2.21. The standard InChI is InChI=1S/C24H36ClN5O2/c1-17-13-21(14-18(2)22(17)23(31)27-9-8-26-3)32-12-4-5-19-6-10-30(11-7-19)24-28-15-20(25)16-29-24/h13-16,19,23,26-27,31H,4-12H2,1-3H3. The van der Waals surface area contributed by atoms with Gasteiger partial charge in [0.2, 0.25) is 5.95 Å². The number of anilines is 1. The Labute approximate surface area is 196 Å². The molecule has 1 aliphatic heterocycles. The first-order valence-electron chi connectivity index (χ1n) is 11.5. The highest BCUT2D eigenvalue weighted by atomic mass is 35.5. The Morgan fingerprint density at radius 1 is 1.16 bits per heavy atom. The quantitative estimate of drug-likeness (QED) is 0.348. The maximum absolute atomic E-state index is 10.5. The number of nitrogens with zero attached hydrogens (tertiary/aromatic N) is 3. The zero-order chi connectivity index (χ0) is 22.9. The number of aryl methyl sites for hydroxylation is 2. The van der Waals surface area contributed by atoms with Gasteiger partial charge in [-0.15, -0.1) is 0 Å². The largest absolute Gasteiger partial charge is 0.494 e. The van der Waals surface area contributed by atoms with E-state index in [9.17, 15) is 5.11 Å². The number of hydrogen-bond acceptors (Lipinski definition) is 7. The zero-order valence-electron chi connectivity index (χ0n) is 19.4. The number of benzene rings is 1. The number of nitrogens with one attached hydrogen (secondary N) is 2. The molecule has 32 heavy (non-hydrogen) atoms. The van der Waals surface area contributed by atoms with Crippen LogP contribution in [0.3, 0.4) is 0 Å². The number of hydrogen-bond donors (Lipinski definition) is 3. The number of halogens is 1. The van der Waals surface area contributed by atoms with E-state index in [1.165, 1.54) is 6.42 Å². The summed E-state index contributed by atoms with van der Waals surface area (Å²) < 4.78 is 6.04. The second-order valence-electron chi connectivity index (χ2n) is 8.55. The van der Waals surface area contributed by atoms with E-state index in [0.717, 1.165) is 67.3 Å². The molecule has 0 saturated carbocycles. The SMILES string of the molecule is CNCCNC(O)c1c(C)cc(OCCCC2CCN(c3ncc(Cl)cn3)CC2)cc1C. The highest BCUT2D eigenvalue weighted by molar-refractivity contribution is 6.30. The predicted octanol–water partition coefficient (Wildman–Crippen LogP) is 3.62. The van der Waals surface area contributed by atoms with Crippen molar-refractivity contribution in [2.45, 2.75) is 45.8 Å². The lowest BCUT2D eigenvalue weighted by Gasteiger charge is -2.32. The van der Waals surface area contributed by atoms with Crippen molar-refractivity contribution in [3.8, 4) is 5.75 Å². The van der Waals surface area contributed by atoms with Crippen molar-refractivity contribution in [2.24, 2.45) is 5.92 Å². The van der Waals surface area contributed by atoms with Gasteiger partial charge in [0.1, 0.15) is 12.0 Å². The molecule has 7 nitrogen and oxygen atoms in total. The zero-order valence-corrected chi connectivity index (χ0v) is 20.2. The van der Waals surface area contributed by atoms with Crippen molar-refractivity contribution in [1.82, 2.24) is 20.6 Å². The van der Waals surface area contributed by atoms with E-state index in [2.05, 4.69) is 25.5 Å². The molecule has 1 atom stereocenters. The van der Waals surface area contributed by atoms with E-state index in [1.54, 1.807) is 12.4 Å². The predicted molar refractivity (Wildman–Crippen MR) is 130 cm³/mol. The average molecular weight is 462 g/mol. The van der Waals surface area contributed by atoms with E-state index in [-0.39, 0.29) is 0 Å². The molecule has 0 amide bonds. The topological polar surface area (TPSA) is 82.5 Å². The van der Waals surface area contributed by atoms with Crippen LogP contribution in [0, 0.1) is 19.8 Å². The fraction of sp³-hybridized carbons (Fsp3) is 0.583. The summed E-state index contributed by atoms with van der Waals surface area (Å²) in [5.41, 5.74) is 3.02. The van der Waals surface area contributed by atoms with Crippen molar-refractivity contribution in [1.29, 1.82) is 0 Å². The van der Waals surface area contributed by atoms with Gasteiger partial charge in [-0.2, -0.15) is 0 Å². The molecule has 0 spiro atoms. The van der Waals surface area contributed by atoms with Gasteiger partial charge < -0.3 is 20.1 Å². The number of likely N-dealkylation sites (N-methyl/N-ethyl adjacent to an activating group) is 1. The van der Waals surface area contributed by atoms with Crippen LogP contribution in [0.15, 0.2) is 24.5 Å². The van der Waals surface area contributed by atoms with Crippen LogP contribution in [0.4, 0.5) is 5.95 Å². The summed E-state index contributed by atoms with van der Waals surface area (Å²) in [5, 5.41) is 17.2. The summed E-state index contributed by atoms with van der Waals surface area (Å²) in [6.07, 6.45) is 7.15. The molecule has 1 aromatic carbocycles. The third kappa shape index (κ3) is 7.04. The molecular formula is C24H36ClN5O2. The smallest absolute Gasteiger partial charge is 0.225 e.